The zero-order valence-corrected chi connectivity index (χ0v) is 15.1. The highest BCUT2D eigenvalue weighted by atomic mass is 32.2. The van der Waals surface area contributed by atoms with Crippen molar-refractivity contribution >= 4 is 32.4 Å². The molecule has 0 saturated heterocycles. The quantitative estimate of drug-likeness (QED) is 0.756. The first-order chi connectivity index (χ1) is 11.4. The number of rotatable bonds is 8. The van der Waals surface area contributed by atoms with Gasteiger partial charge in [0.25, 0.3) is 0 Å². The van der Waals surface area contributed by atoms with Crippen LogP contribution < -0.4 is 5.32 Å². The van der Waals surface area contributed by atoms with Gasteiger partial charge in [0, 0.05) is 25.9 Å². The van der Waals surface area contributed by atoms with Crippen molar-refractivity contribution in [1.29, 1.82) is 0 Å². The van der Waals surface area contributed by atoms with Crippen molar-refractivity contribution in [3.8, 4) is 0 Å². The van der Waals surface area contributed by atoms with Crippen molar-refractivity contribution in [3.05, 3.63) is 29.5 Å². The first-order valence-corrected chi connectivity index (χ1v) is 9.67. The Bertz CT molecular complexity index is 777. The largest absolute Gasteiger partial charge is 0.299 e. The topological polar surface area (TPSA) is 105 Å². The highest BCUT2D eigenvalue weighted by molar-refractivity contribution is 7.89. The van der Waals surface area contributed by atoms with E-state index in [1.165, 1.54) is 42.9 Å². The number of unbranched alkanes of at least 4 members (excludes halogenated alkanes) is 1. The maximum absolute atomic E-state index is 12.3. The molecule has 2 rings (SSSR count). The predicted octanol–water partition coefficient (Wildman–Crippen LogP) is 1.53. The lowest BCUT2D eigenvalue weighted by Crippen LogP contribution is -2.35. The number of nitrogens with zero attached hydrogens (tertiary/aromatic N) is 4. The molecule has 130 valence electrons. The summed E-state index contributed by atoms with van der Waals surface area (Å²) in [5.41, 5.74) is 0. The summed E-state index contributed by atoms with van der Waals surface area (Å²) < 4.78 is 25.6. The third-order valence-corrected chi connectivity index (χ3v) is 5.85. The number of aryl methyl sites for hydroxylation is 1. The van der Waals surface area contributed by atoms with Crippen molar-refractivity contribution in [2.45, 2.75) is 31.1 Å². The fourth-order valence-corrected chi connectivity index (χ4v) is 3.75. The Hall–Kier alpha value is -1.91. The molecule has 2 heterocycles. The van der Waals surface area contributed by atoms with E-state index >= 15 is 0 Å². The van der Waals surface area contributed by atoms with E-state index in [1.54, 1.807) is 0 Å². The lowest BCUT2D eigenvalue weighted by molar-refractivity contribution is -0.116. The molecule has 24 heavy (non-hydrogen) atoms. The first-order valence-electron chi connectivity index (χ1n) is 7.42. The molecular formula is C14H19N5O3S2. The number of carbonyl (C=O) groups is 1. The minimum Gasteiger partial charge on any atom is -0.299 e. The zero-order chi connectivity index (χ0) is 17.6. The highest BCUT2D eigenvalue weighted by Gasteiger charge is 2.23. The van der Waals surface area contributed by atoms with Gasteiger partial charge in [0.05, 0.1) is 6.54 Å². The van der Waals surface area contributed by atoms with Crippen LogP contribution in [0.5, 0.6) is 0 Å². The summed E-state index contributed by atoms with van der Waals surface area (Å²) in [6.45, 7) is 1.77. The van der Waals surface area contributed by atoms with Crippen LogP contribution in [0.2, 0.25) is 0 Å². The monoisotopic (exact) mass is 369 g/mol. The molecule has 0 aliphatic rings. The van der Waals surface area contributed by atoms with Crippen LogP contribution in [0, 0.1) is 0 Å². The van der Waals surface area contributed by atoms with Crippen LogP contribution in [-0.4, -0.2) is 47.4 Å². The number of anilines is 1. The second-order valence-corrected chi connectivity index (χ2v) is 8.21. The number of sulfonamides is 1. The maximum Gasteiger partial charge on any atom is 0.244 e. The number of pyridine rings is 1. The van der Waals surface area contributed by atoms with Gasteiger partial charge in [-0.3, -0.25) is 15.1 Å². The van der Waals surface area contributed by atoms with E-state index < -0.39 is 15.9 Å². The first kappa shape index (κ1) is 18.4. The molecule has 0 aromatic carbocycles. The second-order valence-electron chi connectivity index (χ2n) is 5.10. The van der Waals surface area contributed by atoms with Crippen molar-refractivity contribution in [2.75, 3.05) is 18.9 Å². The molecule has 0 spiro atoms. The Labute approximate surface area is 145 Å². The van der Waals surface area contributed by atoms with Crippen LogP contribution in [0.15, 0.2) is 29.4 Å². The molecule has 0 radical (unpaired) electrons. The van der Waals surface area contributed by atoms with Gasteiger partial charge in [-0.15, -0.1) is 10.2 Å². The number of hydrogen-bond acceptors (Lipinski definition) is 7. The SMILES string of the molecule is CCCCc1nnc(NC(=O)CN(C)S(=O)(=O)c2cccnc2)s1. The number of nitrogens with one attached hydrogen (secondary N) is 1. The number of likely N-dealkylation sites (N-methyl/N-ethyl adjacent to an activating group) is 1. The van der Waals surface area contributed by atoms with Gasteiger partial charge in [-0.1, -0.05) is 24.7 Å². The van der Waals surface area contributed by atoms with Gasteiger partial charge < -0.3 is 0 Å². The molecule has 0 fully saturated rings. The van der Waals surface area contributed by atoms with E-state index in [0.29, 0.717) is 5.13 Å². The summed E-state index contributed by atoms with van der Waals surface area (Å²) in [5, 5.41) is 11.7. The summed E-state index contributed by atoms with van der Waals surface area (Å²) in [6, 6.07) is 2.96. The third kappa shape index (κ3) is 4.79. The van der Waals surface area contributed by atoms with E-state index in [9.17, 15) is 13.2 Å². The van der Waals surface area contributed by atoms with Crippen molar-refractivity contribution in [1.82, 2.24) is 19.5 Å². The molecule has 8 nitrogen and oxygen atoms in total. The highest BCUT2D eigenvalue weighted by Crippen LogP contribution is 2.17. The summed E-state index contributed by atoms with van der Waals surface area (Å²) in [4.78, 5) is 15.9. The maximum atomic E-state index is 12.3. The van der Waals surface area contributed by atoms with Crippen LogP contribution >= 0.6 is 11.3 Å². The van der Waals surface area contributed by atoms with Crippen LogP contribution in [0.1, 0.15) is 24.8 Å². The summed E-state index contributed by atoms with van der Waals surface area (Å²) in [6.07, 6.45) is 5.61. The van der Waals surface area contributed by atoms with Crippen LogP contribution in [0.25, 0.3) is 0 Å². The minimum atomic E-state index is -3.76. The molecular weight excluding hydrogens is 350 g/mol. The van der Waals surface area contributed by atoms with Gasteiger partial charge in [-0.25, -0.2) is 8.42 Å². The van der Waals surface area contributed by atoms with E-state index in [-0.39, 0.29) is 11.4 Å². The minimum absolute atomic E-state index is 0.0399. The Morgan fingerprint density at radius 1 is 1.38 bits per heavy atom. The van der Waals surface area contributed by atoms with Gasteiger partial charge in [-0.05, 0) is 18.6 Å². The van der Waals surface area contributed by atoms with Crippen LogP contribution in [0.4, 0.5) is 5.13 Å². The fourth-order valence-electron chi connectivity index (χ4n) is 1.86. The van der Waals surface area contributed by atoms with Crippen molar-refractivity contribution in [3.63, 3.8) is 0 Å². The molecule has 1 amide bonds. The molecule has 10 heteroatoms. The molecule has 0 atom stereocenters. The number of hydrogen-bond donors (Lipinski definition) is 1. The molecule has 0 aliphatic carbocycles. The molecule has 2 aromatic heterocycles. The van der Waals surface area contributed by atoms with Gasteiger partial charge in [-0.2, -0.15) is 4.31 Å². The Morgan fingerprint density at radius 2 is 2.17 bits per heavy atom. The summed E-state index contributed by atoms with van der Waals surface area (Å²) in [7, 11) is -2.41. The normalized spacial score (nSPS) is 11.6. The Morgan fingerprint density at radius 3 is 2.83 bits per heavy atom. The average molecular weight is 369 g/mol. The lowest BCUT2D eigenvalue weighted by Gasteiger charge is -2.15. The van der Waals surface area contributed by atoms with E-state index in [4.69, 9.17) is 0 Å². The van der Waals surface area contributed by atoms with Gasteiger partial charge in [0.15, 0.2) is 0 Å². The molecule has 0 unspecified atom stereocenters. The number of aromatic nitrogens is 3. The number of carbonyl (C=O) groups excluding carboxylic acids is 1. The fraction of sp³-hybridized carbons (Fsp3) is 0.429. The summed E-state index contributed by atoms with van der Waals surface area (Å²) >= 11 is 1.30. The van der Waals surface area contributed by atoms with Gasteiger partial charge in [0.2, 0.25) is 21.1 Å². The van der Waals surface area contributed by atoms with E-state index in [0.717, 1.165) is 28.6 Å². The smallest absolute Gasteiger partial charge is 0.244 e. The zero-order valence-electron chi connectivity index (χ0n) is 13.5. The Balaban J connectivity index is 1.95. The lowest BCUT2D eigenvalue weighted by atomic mass is 10.3. The standard InChI is InChI=1S/C14H19N5O3S2/c1-3-4-7-13-17-18-14(23-13)16-12(20)10-19(2)24(21,22)11-6-5-8-15-9-11/h5-6,8-9H,3-4,7,10H2,1-2H3,(H,16,18,20). The Kier molecular flexibility index (Phi) is 6.35. The molecule has 0 aliphatic heterocycles. The van der Waals surface area contributed by atoms with Gasteiger partial charge in [0.1, 0.15) is 9.90 Å². The molecule has 0 bridgehead atoms. The van der Waals surface area contributed by atoms with Gasteiger partial charge >= 0.3 is 0 Å². The average Bonchev–Trinajstić information content (AvgIpc) is 3.00. The van der Waals surface area contributed by atoms with Crippen LogP contribution in [0.3, 0.4) is 0 Å². The third-order valence-electron chi connectivity index (χ3n) is 3.17. The molecule has 1 N–H and O–H groups in total. The van der Waals surface area contributed by atoms with E-state index in [2.05, 4.69) is 27.4 Å². The molecule has 0 saturated carbocycles. The predicted molar refractivity (Wildman–Crippen MR) is 91.2 cm³/mol. The second kappa shape index (κ2) is 8.27. The summed E-state index contributed by atoms with van der Waals surface area (Å²) in [5.74, 6) is -0.469. The van der Waals surface area contributed by atoms with Crippen molar-refractivity contribution in [2.24, 2.45) is 0 Å². The van der Waals surface area contributed by atoms with Crippen molar-refractivity contribution < 1.29 is 13.2 Å². The number of amides is 1. The van der Waals surface area contributed by atoms with E-state index in [1.807, 2.05) is 0 Å². The van der Waals surface area contributed by atoms with Crippen LogP contribution in [-0.2, 0) is 21.2 Å². The molecule has 2 aromatic rings.